The second kappa shape index (κ2) is 11.7. The molecular weight excluding hydrogens is 503 g/mol. The summed E-state index contributed by atoms with van der Waals surface area (Å²) in [6.45, 7) is 6.56. The molecule has 4 nitrogen and oxygen atoms in total. The van der Waals surface area contributed by atoms with Crippen LogP contribution in [-0.2, 0) is 28.3 Å². The molecule has 3 rings (SSSR count). The number of aliphatic hydroxyl groups is 1. The molecule has 1 amide bonds. The van der Waals surface area contributed by atoms with Crippen LogP contribution in [0, 0.1) is 11.6 Å². The average Bonchev–Trinajstić information content (AvgIpc) is 2.80. The summed E-state index contributed by atoms with van der Waals surface area (Å²) in [5.74, 6) is -1.92. The van der Waals surface area contributed by atoms with E-state index in [4.69, 9.17) is 0 Å². The van der Waals surface area contributed by atoms with Crippen LogP contribution in [0.4, 0.5) is 22.0 Å². The first-order chi connectivity index (χ1) is 17.6. The topological polar surface area (TPSA) is 61.4 Å². The highest BCUT2D eigenvalue weighted by Crippen LogP contribution is 2.43. The summed E-state index contributed by atoms with van der Waals surface area (Å²) in [7, 11) is 0. The molecular formula is C29H37F5N2O2. The number of carbonyl (C=O) groups is 1. The third-order valence-corrected chi connectivity index (χ3v) is 7.27. The van der Waals surface area contributed by atoms with Crippen LogP contribution in [0.5, 0.6) is 0 Å². The molecule has 1 fully saturated rings. The van der Waals surface area contributed by atoms with Gasteiger partial charge in [-0.25, -0.2) is 8.78 Å². The number of halogens is 5. The van der Waals surface area contributed by atoms with Gasteiger partial charge in [0.2, 0.25) is 5.91 Å². The van der Waals surface area contributed by atoms with E-state index in [9.17, 15) is 31.9 Å². The lowest BCUT2D eigenvalue weighted by atomic mass is 9.73. The molecule has 2 unspecified atom stereocenters. The quantitative estimate of drug-likeness (QED) is 0.353. The number of rotatable bonds is 8. The van der Waals surface area contributed by atoms with Gasteiger partial charge in [-0.15, -0.1) is 0 Å². The molecule has 1 aliphatic rings. The van der Waals surface area contributed by atoms with Crippen molar-refractivity contribution in [3.8, 4) is 0 Å². The largest absolute Gasteiger partial charge is 0.416 e. The molecule has 0 aromatic heterocycles. The van der Waals surface area contributed by atoms with Gasteiger partial charge in [-0.1, -0.05) is 52.2 Å². The predicted octanol–water partition coefficient (Wildman–Crippen LogP) is 6.14. The fourth-order valence-corrected chi connectivity index (χ4v) is 5.40. The van der Waals surface area contributed by atoms with Crippen molar-refractivity contribution in [1.29, 1.82) is 0 Å². The molecule has 0 spiro atoms. The van der Waals surface area contributed by atoms with Gasteiger partial charge in [0.25, 0.3) is 0 Å². The third-order valence-electron chi connectivity index (χ3n) is 7.27. The van der Waals surface area contributed by atoms with E-state index < -0.39 is 52.4 Å². The number of amides is 1. The molecule has 3 N–H and O–H groups in total. The summed E-state index contributed by atoms with van der Waals surface area (Å²) >= 11 is 0. The lowest BCUT2D eigenvalue weighted by Gasteiger charge is -2.41. The molecule has 210 valence electrons. The van der Waals surface area contributed by atoms with Crippen molar-refractivity contribution in [3.63, 3.8) is 0 Å². The van der Waals surface area contributed by atoms with Gasteiger partial charge in [-0.05, 0) is 59.6 Å². The Hall–Kier alpha value is -2.52. The number of nitrogens with one attached hydrogen (secondary N) is 2. The van der Waals surface area contributed by atoms with E-state index in [1.54, 1.807) is 26.8 Å². The predicted molar refractivity (Wildman–Crippen MR) is 137 cm³/mol. The molecule has 0 bridgehead atoms. The minimum absolute atomic E-state index is 0.00143. The van der Waals surface area contributed by atoms with E-state index in [1.807, 2.05) is 0 Å². The highest BCUT2D eigenvalue weighted by atomic mass is 19.4. The minimum atomic E-state index is -4.48. The Balaban J connectivity index is 1.90. The lowest BCUT2D eigenvalue weighted by Crippen LogP contribution is -2.53. The van der Waals surface area contributed by atoms with E-state index in [1.165, 1.54) is 13.0 Å². The zero-order chi connectivity index (χ0) is 28.3. The maximum atomic E-state index is 13.8. The summed E-state index contributed by atoms with van der Waals surface area (Å²) in [4.78, 5) is 11.8. The summed E-state index contributed by atoms with van der Waals surface area (Å²) in [6.07, 6.45) is -1.52. The number of carbonyl (C=O) groups excluding carboxylic acids is 1. The Bertz CT molecular complexity index is 1100. The Kier molecular flexibility index (Phi) is 9.24. The van der Waals surface area contributed by atoms with Crippen LogP contribution in [0.25, 0.3) is 0 Å². The molecule has 2 atom stereocenters. The molecule has 9 heteroatoms. The van der Waals surface area contributed by atoms with E-state index in [0.29, 0.717) is 12.8 Å². The van der Waals surface area contributed by atoms with Crippen molar-refractivity contribution < 1.29 is 31.9 Å². The van der Waals surface area contributed by atoms with E-state index in [-0.39, 0.29) is 24.1 Å². The van der Waals surface area contributed by atoms with Crippen LogP contribution in [0.3, 0.4) is 0 Å². The Labute approximate surface area is 221 Å². The standard InChI is InChI=1S/C29H37F5N2O2/c1-18(37)36-25(14-19-12-21(30)16-22(31)13-19)26(38)17-35-28(10-6-5-7-11-28)20-8-9-23(29(32,33)34)24(15-20)27(2,3)4/h8-9,12-13,15-16,25-26,35,38H,5-7,10-11,14,17H2,1-4H3,(H,36,37). The monoisotopic (exact) mass is 540 g/mol. The van der Waals surface area contributed by atoms with Crippen molar-refractivity contribution in [3.05, 3.63) is 70.3 Å². The highest BCUT2D eigenvalue weighted by molar-refractivity contribution is 5.73. The number of hydrogen-bond donors (Lipinski definition) is 3. The first-order valence-electron chi connectivity index (χ1n) is 13.0. The van der Waals surface area contributed by atoms with E-state index >= 15 is 0 Å². The molecule has 0 radical (unpaired) electrons. The van der Waals surface area contributed by atoms with Gasteiger partial charge in [-0.3, -0.25) is 4.79 Å². The van der Waals surface area contributed by atoms with Crippen molar-refractivity contribution in [1.82, 2.24) is 10.6 Å². The van der Waals surface area contributed by atoms with Gasteiger partial charge in [-0.2, -0.15) is 13.2 Å². The van der Waals surface area contributed by atoms with Crippen molar-refractivity contribution in [2.75, 3.05) is 6.54 Å². The first-order valence-corrected chi connectivity index (χ1v) is 13.0. The second-order valence-corrected chi connectivity index (χ2v) is 11.4. The summed E-state index contributed by atoms with van der Waals surface area (Å²) in [6, 6.07) is 6.51. The Morgan fingerprint density at radius 3 is 2.11 bits per heavy atom. The van der Waals surface area contributed by atoms with Gasteiger partial charge in [0.1, 0.15) is 11.6 Å². The summed E-state index contributed by atoms with van der Waals surface area (Å²) < 4.78 is 68.8. The van der Waals surface area contributed by atoms with Crippen LogP contribution in [0.2, 0.25) is 0 Å². The molecule has 2 aromatic rings. The summed E-state index contributed by atoms with van der Waals surface area (Å²) in [5, 5.41) is 17.2. The van der Waals surface area contributed by atoms with Gasteiger partial charge in [0.15, 0.2) is 0 Å². The van der Waals surface area contributed by atoms with Gasteiger partial charge in [0.05, 0.1) is 17.7 Å². The number of hydrogen-bond acceptors (Lipinski definition) is 3. The van der Waals surface area contributed by atoms with E-state index in [2.05, 4.69) is 10.6 Å². The highest BCUT2D eigenvalue weighted by Gasteiger charge is 2.40. The first kappa shape index (κ1) is 30.0. The molecule has 0 heterocycles. The lowest BCUT2D eigenvalue weighted by molar-refractivity contribution is -0.138. The molecule has 2 aromatic carbocycles. The fourth-order valence-electron chi connectivity index (χ4n) is 5.40. The van der Waals surface area contributed by atoms with Gasteiger partial charge >= 0.3 is 6.18 Å². The van der Waals surface area contributed by atoms with Gasteiger partial charge < -0.3 is 15.7 Å². The van der Waals surface area contributed by atoms with Crippen LogP contribution in [-0.4, -0.2) is 29.7 Å². The fraction of sp³-hybridized carbons (Fsp3) is 0.552. The summed E-state index contributed by atoms with van der Waals surface area (Å²) in [5.41, 5.74) is -0.843. The van der Waals surface area contributed by atoms with Crippen molar-refractivity contribution in [2.45, 2.75) is 95.5 Å². The zero-order valence-corrected chi connectivity index (χ0v) is 22.3. The minimum Gasteiger partial charge on any atom is -0.390 e. The van der Waals surface area contributed by atoms with Crippen LogP contribution >= 0.6 is 0 Å². The zero-order valence-electron chi connectivity index (χ0n) is 22.3. The molecule has 0 aliphatic heterocycles. The Morgan fingerprint density at radius 2 is 1.58 bits per heavy atom. The molecule has 1 aliphatic carbocycles. The average molecular weight is 541 g/mol. The maximum absolute atomic E-state index is 13.8. The number of alkyl halides is 3. The number of aliphatic hydroxyl groups excluding tert-OH is 1. The SMILES string of the molecule is CC(=O)NC(Cc1cc(F)cc(F)c1)C(O)CNC1(c2ccc(C(F)(F)F)c(C(C)(C)C)c2)CCCCC1. The van der Waals surface area contributed by atoms with Crippen molar-refractivity contribution >= 4 is 5.91 Å². The normalized spacial score (nSPS) is 17.6. The van der Waals surface area contributed by atoms with Crippen LogP contribution < -0.4 is 10.6 Å². The smallest absolute Gasteiger partial charge is 0.390 e. The number of benzene rings is 2. The van der Waals surface area contributed by atoms with Crippen LogP contribution in [0.15, 0.2) is 36.4 Å². The molecule has 38 heavy (non-hydrogen) atoms. The van der Waals surface area contributed by atoms with Crippen molar-refractivity contribution in [2.24, 2.45) is 0 Å². The Morgan fingerprint density at radius 1 is 0.974 bits per heavy atom. The maximum Gasteiger partial charge on any atom is 0.416 e. The second-order valence-electron chi connectivity index (χ2n) is 11.4. The molecule has 0 saturated heterocycles. The van der Waals surface area contributed by atoms with Crippen LogP contribution in [0.1, 0.15) is 82.1 Å². The van der Waals surface area contributed by atoms with Gasteiger partial charge in [0, 0.05) is 25.1 Å². The molecule has 1 saturated carbocycles. The third kappa shape index (κ3) is 7.53. The van der Waals surface area contributed by atoms with E-state index in [0.717, 1.165) is 49.1 Å².